The molecule has 1 atom stereocenters. The van der Waals surface area contributed by atoms with E-state index in [1.165, 1.54) is 30.3 Å². The predicted octanol–water partition coefficient (Wildman–Crippen LogP) is 2.47. The molecular weight excluding hydrogens is 352 g/mol. The van der Waals surface area contributed by atoms with Crippen LogP contribution in [0.5, 0.6) is 0 Å². The first kappa shape index (κ1) is 17.2. The number of hydrogen-bond donors (Lipinski definition) is 1. The van der Waals surface area contributed by atoms with Crippen molar-refractivity contribution < 1.29 is 26.7 Å². The minimum absolute atomic E-state index is 0.0795. The summed E-state index contributed by atoms with van der Waals surface area (Å²) in [6, 6.07) is 8.69. The zero-order valence-electron chi connectivity index (χ0n) is 13.0. The van der Waals surface area contributed by atoms with E-state index in [0.29, 0.717) is 11.1 Å². The molecule has 130 valence electrons. The number of carbonyl (C=O) groups is 1. The molecule has 0 radical (unpaired) electrons. The molecule has 3 rings (SSSR count). The van der Waals surface area contributed by atoms with E-state index in [9.17, 15) is 22.0 Å². The van der Waals surface area contributed by atoms with Gasteiger partial charge in [0.1, 0.15) is 6.10 Å². The average molecular weight is 365 g/mol. The molecule has 1 heterocycles. The van der Waals surface area contributed by atoms with E-state index in [1.807, 2.05) is 0 Å². The van der Waals surface area contributed by atoms with Crippen molar-refractivity contribution in [2.24, 2.45) is 5.14 Å². The van der Waals surface area contributed by atoms with Crippen LogP contribution in [0.15, 0.2) is 47.4 Å². The number of esters is 1. The summed E-state index contributed by atoms with van der Waals surface area (Å²) in [5.74, 6) is -2.77. The molecule has 0 fully saturated rings. The van der Waals surface area contributed by atoms with Gasteiger partial charge in [0.2, 0.25) is 10.0 Å². The molecule has 0 bridgehead atoms. The van der Waals surface area contributed by atoms with Gasteiger partial charge in [-0.2, -0.15) is 0 Å². The smallest absolute Gasteiger partial charge is 0.339 e. The van der Waals surface area contributed by atoms with Crippen molar-refractivity contribution in [2.45, 2.75) is 17.9 Å². The van der Waals surface area contributed by atoms with Gasteiger partial charge in [0.15, 0.2) is 11.6 Å². The molecule has 2 aromatic carbocycles. The van der Waals surface area contributed by atoms with Crippen LogP contribution < -0.4 is 5.14 Å². The molecule has 2 N–H and O–H groups in total. The third-order valence-corrected chi connectivity index (χ3v) is 4.80. The highest BCUT2D eigenvalue weighted by atomic mass is 32.2. The first-order valence-electron chi connectivity index (χ1n) is 7.22. The van der Waals surface area contributed by atoms with Gasteiger partial charge in [-0.05, 0) is 42.3 Å². The average Bonchev–Trinajstić information content (AvgIpc) is 2.83. The van der Waals surface area contributed by atoms with Crippen molar-refractivity contribution >= 4 is 27.1 Å². The SMILES string of the molecule is CC1OC(=O)C(c2ccc(F)c(F)c2)=C1c1ccc(S(N)(=O)=O)cc1. The molecule has 1 aliphatic heterocycles. The quantitative estimate of drug-likeness (QED) is 0.847. The first-order valence-corrected chi connectivity index (χ1v) is 8.77. The molecule has 0 spiro atoms. The van der Waals surface area contributed by atoms with Gasteiger partial charge >= 0.3 is 5.97 Å². The molecule has 1 aliphatic rings. The first-order chi connectivity index (χ1) is 11.7. The molecule has 1 unspecified atom stereocenters. The summed E-state index contributed by atoms with van der Waals surface area (Å²) in [5.41, 5.74) is 1.26. The Kier molecular flexibility index (Phi) is 4.18. The number of cyclic esters (lactones) is 1. The van der Waals surface area contributed by atoms with Crippen LogP contribution in [0.25, 0.3) is 11.1 Å². The fourth-order valence-electron chi connectivity index (χ4n) is 2.72. The maximum absolute atomic E-state index is 13.5. The zero-order chi connectivity index (χ0) is 18.4. The van der Waals surface area contributed by atoms with Crippen LogP contribution >= 0.6 is 0 Å². The lowest BCUT2D eigenvalue weighted by molar-refractivity contribution is -0.136. The largest absolute Gasteiger partial charge is 0.454 e. The van der Waals surface area contributed by atoms with Crippen LogP contribution in [0, 0.1) is 11.6 Å². The number of benzene rings is 2. The maximum Gasteiger partial charge on any atom is 0.339 e. The van der Waals surface area contributed by atoms with E-state index < -0.39 is 33.7 Å². The van der Waals surface area contributed by atoms with E-state index in [0.717, 1.165) is 12.1 Å². The van der Waals surface area contributed by atoms with Crippen molar-refractivity contribution in [1.82, 2.24) is 0 Å². The van der Waals surface area contributed by atoms with Crippen LogP contribution in [0.4, 0.5) is 8.78 Å². The van der Waals surface area contributed by atoms with Crippen LogP contribution in [0.1, 0.15) is 18.1 Å². The Morgan fingerprint density at radius 2 is 1.60 bits per heavy atom. The highest BCUT2D eigenvalue weighted by Gasteiger charge is 2.33. The van der Waals surface area contributed by atoms with Crippen LogP contribution in [0.2, 0.25) is 0 Å². The number of carbonyl (C=O) groups excluding carboxylic acids is 1. The normalized spacial score (nSPS) is 17.8. The molecule has 0 saturated heterocycles. The third kappa shape index (κ3) is 3.18. The van der Waals surface area contributed by atoms with Gasteiger partial charge in [0.25, 0.3) is 0 Å². The van der Waals surface area contributed by atoms with E-state index in [1.54, 1.807) is 6.92 Å². The van der Waals surface area contributed by atoms with E-state index in [-0.39, 0.29) is 16.0 Å². The van der Waals surface area contributed by atoms with Gasteiger partial charge in [0, 0.05) is 5.57 Å². The van der Waals surface area contributed by atoms with Crippen molar-refractivity contribution in [3.8, 4) is 0 Å². The Morgan fingerprint density at radius 1 is 1.00 bits per heavy atom. The van der Waals surface area contributed by atoms with E-state index in [4.69, 9.17) is 9.88 Å². The van der Waals surface area contributed by atoms with Crippen LogP contribution in [-0.2, 0) is 19.6 Å². The number of sulfonamides is 1. The Morgan fingerprint density at radius 3 is 2.16 bits per heavy atom. The molecule has 0 aliphatic carbocycles. The molecule has 0 saturated carbocycles. The summed E-state index contributed by atoms with van der Waals surface area (Å²) in [6.07, 6.45) is -0.629. The Hall–Kier alpha value is -2.58. The number of nitrogens with two attached hydrogens (primary N) is 1. The molecule has 8 heteroatoms. The van der Waals surface area contributed by atoms with Crippen molar-refractivity contribution in [2.75, 3.05) is 0 Å². The summed E-state index contributed by atoms with van der Waals surface area (Å²) in [7, 11) is -3.85. The topological polar surface area (TPSA) is 86.5 Å². The van der Waals surface area contributed by atoms with Gasteiger partial charge < -0.3 is 4.74 Å². The summed E-state index contributed by atoms with van der Waals surface area (Å²) in [4.78, 5) is 12.1. The predicted molar refractivity (Wildman–Crippen MR) is 86.5 cm³/mol. The number of primary sulfonamides is 1. The molecule has 0 amide bonds. The van der Waals surface area contributed by atoms with E-state index >= 15 is 0 Å². The summed E-state index contributed by atoms with van der Waals surface area (Å²) < 4.78 is 54.6. The summed E-state index contributed by atoms with van der Waals surface area (Å²) in [6.45, 7) is 1.63. The number of hydrogen-bond acceptors (Lipinski definition) is 4. The second kappa shape index (κ2) is 6.05. The monoisotopic (exact) mass is 365 g/mol. The van der Waals surface area contributed by atoms with Crippen LogP contribution in [-0.4, -0.2) is 20.5 Å². The molecule has 25 heavy (non-hydrogen) atoms. The van der Waals surface area contributed by atoms with Gasteiger partial charge in [-0.15, -0.1) is 0 Å². The summed E-state index contributed by atoms with van der Waals surface area (Å²) in [5, 5.41) is 5.06. The Bertz CT molecular complexity index is 998. The zero-order valence-corrected chi connectivity index (χ0v) is 13.8. The maximum atomic E-state index is 13.5. The van der Waals surface area contributed by atoms with Gasteiger partial charge in [0.05, 0.1) is 10.5 Å². The third-order valence-electron chi connectivity index (χ3n) is 3.87. The second-order valence-corrected chi connectivity index (χ2v) is 7.10. The minimum Gasteiger partial charge on any atom is -0.454 e. The molecular formula is C17H13F2NO4S. The molecule has 0 aromatic heterocycles. The second-order valence-electron chi connectivity index (χ2n) is 5.53. The minimum atomic E-state index is -3.85. The number of halogens is 2. The molecule has 5 nitrogen and oxygen atoms in total. The van der Waals surface area contributed by atoms with Crippen molar-refractivity contribution in [3.63, 3.8) is 0 Å². The van der Waals surface area contributed by atoms with Gasteiger partial charge in [-0.1, -0.05) is 18.2 Å². The van der Waals surface area contributed by atoms with Crippen molar-refractivity contribution in [1.29, 1.82) is 0 Å². The van der Waals surface area contributed by atoms with Crippen LogP contribution in [0.3, 0.4) is 0 Å². The summed E-state index contributed by atoms with van der Waals surface area (Å²) >= 11 is 0. The standard InChI is InChI=1S/C17H13F2NO4S/c1-9-15(10-2-5-12(6-3-10)25(20,22)23)16(17(21)24-9)11-4-7-13(18)14(19)8-11/h2-9H,1H3,(H2,20,22,23). The van der Waals surface area contributed by atoms with Gasteiger partial charge in [-0.25, -0.2) is 27.1 Å². The van der Waals surface area contributed by atoms with E-state index in [2.05, 4.69) is 0 Å². The number of rotatable bonds is 3. The highest BCUT2D eigenvalue weighted by molar-refractivity contribution is 7.89. The molecule has 2 aromatic rings. The number of ether oxygens (including phenoxy) is 1. The lowest BCUT2D eigenvalue weighted by Gasteiger charge is -2.10. The Balaban J connectivity index is 2.16. The lowest BCUT2D eigenvalue weighted by atomic mass is 9.93. The fourth-order valence-corrected chi connectivity index (χ4v) is 3.24. The fraction of sp³-hybridized carbons (Fsp3) is 0.118. The lowest BCUT2D eigenvalue weighted by Crippen LogP contribution is -2.12. The highest BCUT2D eigenvalue weighted by Crippen LogP contribution is 2.37. The van der Waals surface area contributed by atoms with Crippen molar-refractivity contribution in [3.05, 3.63) is 65.2 Å². The Labute approximate surface area is 142 Å². The van der Waals surface area contributed by atoms with Gasteiger partial charge in [-0.3, -0.25) is 0 Å².